The summed E-state index contributed by atoms with van der Waals surface area (Å²) in [4.78, 5) is 10.8. The van der Waals surface area contributed by atoms with Crippen LogP contribution >= 0.6 is 11.6 Å². The maximum Gasteiger partial charge on any atom is 0.185 e. The monoisotopic (exact) mass is 322 g/mol. The Morgan fingerprint density at radius 2 is 2.05 bits per heavy atom. The van der Waals surface area contributed by atoms with E-state index in [0.717, 1.165) is 11.1 Å². The summed E-state index contributed by atoms with van der Waals surface area (Å²) in [6, 6.07) is 9.45. The molecule has 0 aliphatic carbocycles. The van der Waals surface area contributed by atoms with Crippen LogP contribution in [0.1, 0.15) is 27.6 Å². The van der Waals surface area contributed by atoms with Gasteiger partial charge in [-0.3, -0.25) is 4.79 Å². The maximum absolute atomic E-state index is 10.8. The van der Waals surface area contributed by atoms with Crippen LogP contribution in [0.4, 0.5) is 0 Å². The van der Waals surface area contributed by atoms with Gasteiger partial charge in [0.1, 0.15) is 0 Å². The largest absolute Gasteiger partial charge is 0.461 e. The average molecular weight is 323 g/mol. The molecule has 0 saturated heterocycles. The zero-order valence-corrected chi connectivity index (χ0v) is 14.2. The van der Waals surface area contributed by atoms with Gasteiger partial charge in [0.05, 0.1) is 6.26 Å². The Balaban J connectivity index is 2.31. The van der Waals surface area contributed by atoms with E-state index in [1.807, 2.05) is 24.3 Å². The summed E-state index contributed by atoms with van der Waals surface area (Å²) in [5.74, 6) is 0.331. The SMILES string of the molecule is C[Si](C)(C)OCC(c1cccc(Cl)c1)c1coc(C=O)c1. The third-order valence-electron chi connectivity index (χ3n) is 3.09. The number of benzene rings is 1. The van der Waals surface area contributed by atoms with Gasteiger partial charge in [0.15, 0.2) is 20.4 Å². The average Bonchev–Trinajstić information content (AvgIpc) is 2.86. The summed E-state index contributed by atoms with van der Waals surface area (Å²) in [5.41, 5.74) is 1.98. The van der Waals surface area contributed by atoms with Gasteiger partial charge in [-0.05, 0) is 43.4 Å². The standard InChI is InChI=1S/C16H19ClO3Si/c1-21(2,3)20-11-16(12-5-4-6-14(17)7-12)13-8-15(9-18)19-10-13/h4-10,16H,11H2,1-3H3. The Labute approximate surface area is 131 Å². The fourth-order valence-electron chi connectivity index (χ4n) is 2.05. The van der Waals surface area contributed by atoms with Gasteiger partial charge >= 0.3 is 0 Å². The van der Waals surface area contributed by atoms with Gasteiger partial charge in [0.25, 0.3) is 0 Å². The second kappa shape index (κ2) is 6.60. The van der Waals surface area contributed by atoms with Crippen molar-refractivity contribution in [3.05, 3.63) is 58.5 Å². The van der Waals surface area contributed by atoms with Crippen LogP contribution in [0.25, 0.3) is 0 Å². The van der Waals surface area contributed by atoms with Crippen molar-refractivity contribution in [1.82, 2.24) is 0 Å². The van der Waals surface area contributed by atoms with Crippen molar-refractivity contribution in [1.29, 1.82) is 0 Å². The molecule has 112 valence electrons. The Morgan fingerprint density at radius 3 is 2.62 bits per heavy atom. The minimum Gasteiger partial charge on any atom is -0.461 e. The molecular formula is C16H19ClO3Si. The molecule has 1 unspecified atom stereocenters. The Bertz CT molecular complexity index is 616. The predicted molar refractivity (Wildman–Crippen MR) is 86.7 cm³/mol. The lowest BCUT2D eigenvalue weighted by Gasteiger charge is -2.23. The van der Waals surface area contributed by atoms with Crippen molar-refractivity contribution in [3.8, 4) is 0 Å². The molecule has 1 atom stereocenters. The van der Waals surface area contributed by atoms with Gasteiger partial charge in [-0.2, -0.15) is 0 Å². The molecule has 0 radical (unpaired) electrons. The van der Waals surface area contributed by atoms with Crippen LogP contribution in [0.15, 0.2) is 41.0 Å². The van der Waals surface area contributed by atoms with Crippen molar-refractivity contribution in [2.45, 2.75) is 25.6 Å². The van der Waals surface area contributed by atoms with Crippen molar-refractivity contribution >= 4 is 26.2 Å². The highest BCUT2D eigenvalue weighted by Gasteiger charge is 2.22. The quantitative estimate of drug-likeness (QED) is 0.570. The molecule has 0 amide bonds. The zero-order valence-electron chi connectivity index (χ0n) is 12.4. The van der Waals surface area contributed by atoms with E-state index in [1.165, 1.54) is 0 Å². The van der Waals surface area contributed by atoms with Crippen LogP contribution in [0.3, 0.4) is 0 Å². The number of carbonyl (C=O) groups is 1. The normalized spacial score (nSPS) is 13.1. The minimum atomic E-state index is -1.63. The maximum atomic E-state index is 10.8. The number of halogens is 1. The second-order valence-corrected chi connectivity index (χ2v) is 10.9. The highest BCUT2D eigenvalue weighted by Crippen LogP contribution is 2.29. The second-order valence-electron chi connectivity index (χ2n) is 5.93. The summed E-state index contributed by atoms with van der Waals surface area (Å²) in [7, 11) is -1.63. The summed E-state index contributed by atoms with van der Waals surface area (Å²) in [5, 5.41) is 0.685. The van der Waals surface area contributed by atoms with Gasteiger partial charge in [0.2, 0.25) is 0 Å². The van der Waals surface area contributed by atoms with E-state index in [9.17, 15) is 4.79 Å². The Morgan fingerprint density at radius 1 is 1.29 bits per heavy atom. The molecule has 2 aromatic rings. The van der Waals surface area contributed by atoms with Crippen LogP contribution in [-0.2, 0) is 4.43 Å². The zero-order chi connectivity index (χ0) is 15.5. The van der Waals surface area contributed by atoms with Gasteiger partial charge in [-0.1, -0.05) is 23.7 Å². The van der Waals surface area contributed by atoms with Gasteiger partial charge in [0, 0.05) is 23.1 Å². The van der Waals surface area contributed by atoms with E-state index in [4.69, 9.17) is 20.4 Å². The summed E-state index contributed by atoms with van der Waals surface area (Å²) in [6.45, 7) is 6.99. The first-order chi connectivity index (χ1) is 9.89. The fraction of sp³-hybridized carbons (Fsp3) is 0.312. The first-order valence-electron chi connectivity index (χ1n) is 6.82. The van der Waals surface area contributed by atoms with Crippen LogP contribution in [0.2, 0.25) is 24.7 Å². The number of hydrogen-bond acceptors (Lipinski definition) is 3. The molecule has 0 aliphatic rings. The lowest BCUT2D eigenvalue weighted by molar-refractivity contribution is 0.110. The highest BCUT2D eigenvalue weighted by atomic mass is 35.5. The van der Waals surface area contributed by atoms with Crippen LogP contribution < -0.4 is 0 Å². The lowest BCUT2D eigenvalue weighted by atomic mass is 9.94. The van der Waals surface area contributed by atoms with Crippen molar-refractivity contribution in [3.63, 3.8) is 0 Å². The van der Waals surface area contributed by atoms with Crippen molar-refractivity contribution in [2.24, 2.45) is 0 Å². The van der Waals surface area contributed by atoms with E-state index in [2.05, 4.69) is 19.6 Å². The lowest BCUT2D eigenvalue weighted by Crippen LogP contribution is -2.28. The van der Waals surface area contributed by atoms with Gasteiger partial charge in [-0.15, -0.1) is 0 Å². The third kappa shape index (κ3) is 4.56. The smallest absolute Gasteiger partial charge is 0.185 e. The molecule has 1 heterocycles. The van der Waals surface area contributed by atoms with Crippen LogP contribution in [-0.4, -0.2) is 21.2 Å². The molecule has 0 saturated carbocycles. The number of rotatable bonds is 6. The van der Waals surface area contributed by atoms with E-state index >= 15 is 0 Å². The number of aldehydes is 1. The summed E-state index contributed by atoms with van der Waals surface area (Å²) in [6.07, 6.45) is 2.32. The van der Waals surface area contributed by atoms with Gasteiger partial charge in [-0.25, -0.2) is 0 Å². The summed E-state index contributed by atoms with van der Waals surface area (Å²) >= 11 is 6.09. The molecule has 3 nitrogen and oxygen atoms in total. The van der Waals surface area contributed by atoms with Crippen LogP contribution in [0, 0.1) is 0 Å². The fourth-order valence-corrected chi connectivity index (χ4v) is 2.92. The molecule has 0 fully saturated rings. The number of hydrogen-bond donors (Lipinski definition) is 0. The van der Waals surface area contributed by atoms with Gasteiger partial charge < -0.3 is 8.84 Å². The molecule has 0 bridgehead atoms. The molecular weight excluding hydrogens is 304 g/mol. The number of furan rings is 1. The van der Waals surface area contributed by atoms with E-state index in [-0.39, 0.29) is 5.92 Å². The van der Waals surface area contributed by atoms with E-state index in [1.54, 1.807) is 12.3 Å². The molecule has 0 spiro atoms. The van der Waals surface area contributed by atoms with Crippen LogP contribution in [0.5, 0.6) is 0 Å². The minimum absolute atomic E-state index is 0.00729. The molecule has 0 aliphatic heterocycles. The number of carbonyl (C=O) groups excluding carboxylic acids is 1. The molecule has 1 aromatic heterocycles. The molecule has 21 heavy (non-hydrogen) atoms. The first-order valence-corrected chi connectivity index (χ1v) is 10.6. The van der Waals surface area contributed by atoms with E-state index < -0.39 is 8.32 Å². The summed E-state index contributed by atoms with van der Waals surface area (Å²) < 4.78 is 11.3. The van der Waals surface area contributed by atoms with Crippen molar-refractivity contribution < 1.29 is 13.6 Å². The molecule has 1 aromatic carbocycles. The third-order valence-corrected chi connectivity index (χ3v) is 4.36. The predicted octanol–water partition coefficient (Wildman–Crippen LogP) is 4.73. The molecule has 5 heteroatoms. The highest BCUT2D eigenvalue weighted by molar-refractivity contribution is 6.69. The van der Waals surface area contributed by atoms with Crippen molar-refractivity contribution in [2.75, 3.05) is 6.61 Å². The topological polar surface area (TPSA) is 39.4 Å². The van der Waals surface area contributed by atoms with E-state index in [0.29, 0.717) is 23.7 Å². The Hall–Kier alpha value is -1.36. The molecule has 0 N–H and O–H groups in total. The molecule has 2 rings (SSSR count). The Kier molecular flexibility index (Phi) is 5.03. The first kappa shape index (κ1) is 16.0.